The molecular weight excluding hydrogens is 252 g/mol. The van der Waals surface area contributed by atoms with Crippen LogP contribution in [0.15, 0.2) is 18.3 Å². The van der Waals surface area contributed by atoms with Gasteiger partial charge < -0.3 is 11.1 Å². The van der Waals surface area contributed by atoms with E-state index in [-0.39, 0.29) is 5.91 Å². The Morgan fingerprint density at radius 2 is 2.10 bits per heavy atom. The predicted octanol–water partition coefficient (Wildman–Crippen LogP) is 1.51. The fourth-order valence-electron chi connectivity index (χ4n) is 2.69. The zero-order valence-corrected chi connectivity index (χ0v) is 12.3. The minimum Gasteiger partial charge on any atom is -0.397 e. The number of anilines is 1. The number of aromatic nitrogens is 1. The van der Waals surface area contributed by atoms with E-state index in [9.17, 15) is 4.79 Å². The monoisotopic (exact) mass is 276 g/mol. The van der Waals surface area contributed by atoms with Gasteiger partial charge in [-0.3, -0.25) is 9.69 Å². The lowest BCUT2D eigenvalue weighted by Crippen LogP contribution is -2.45. The molecule has 0 bridgehead atoms. The summed E-state index contributed by atoms with van der Waals surface area (Å²) in [4.78, 5) is 18.6. The Hall–Kier alpha value is -1.62. The van der Waals surface area contributed by atoms with Crippen LogP contribution < -0.4 is 11.1 Å². The summed E-state index contributed by atoms with van der Waals surface area (Å²) in [5.41, 5.74) is 6.56. The van der Waals surface area contributed by atoms with Crippen molar-refractivity contribution in [1.29, 1.82) is 0 Å². The molecule has 0 aliphatic carbocycles. The smallest absolute Gasteiger partial charge is 0.269 e. The molecule has 1 aliphatic heterocycles. The minimum absolute atomic E-state index is 0.130. The molecule has 1 aromatic heterocycles. The van der Waals surface area contributed by atoms with E-state index in [0.29, 0.717) is 29.9 Å². The van der Waals surface area contributed by atoms with Crippen LogP contribution in [-0.2, 0) is 0 Å². The highest BCUT2D eigenvalue weighted by atomic mass is 16.1. The van der Waals surface area contributed by atoms with E-state index in [2.05, 4.69) is 29.0 Å². The summed E-state index contributed by atoms with van der Waals surface area (Å²) in [5, 5.41) is 2.99. The molecule has 3 N–H and O–H groups in total. The van der Waals surface area contributed by atoms with Gasteiger partial charge in [-0.1, -0.05) is 13.8 Å². The Balaban J connectivity index is 1.91. The van der Waals surface area contributed by atoms with Crippen molar-refractivity contribution in [2.45, 2.75) is 32.7 Å². The molecule has 1 aromatic rings. The number of hydrogen-bond donors (Lipinski definition) is 2. The third-order valence-electron chi connectivity index (χ3n) is 3.87. The second kappa shape index (κ2) is 6.70. The number of likely N-dealkylation sites (tertiary alicyclic amines) is 1. The first kappa shape index (κ1) is 14.8. The van der Waals surface area contributed by atoms with Gasteiger partial charge in [0.1, 0.15) is 5.69 Å². The quantitative estimate of drug-likeness (QED) is 0.855. The van der Waals surface area contributed by atoms with Crippen LogP contribution in [0.5, 0.6) is 0 Å². The summed E-state index contributed by atoms with van der Waals surface area (Å²) in [6, 6.07) is 3.75. The number of carbonyl (C=O) groups excluding carboxylic acids is 1. The van der Waals surface area contributed by atoms with Crippen LogP contribution in [0.1, 0.15) is 37.2 Å². The average molecular weight is 276 g/mol. The van der Waals surface area contributed by atoms with Crippen LogP contribution in [0.4, 0.5) is 5.69 Å². The van der Waals surface area contributed by atoms with Crippen molar-refractivity contribution in [2.75, 3.05) is 25.4 Å². The molecule has 0 aromatic carbocycles. The number of nitrogen functional groups attached to an aromatic ring is 1. The standard InChI is InChI=1S/C15H24N4O/c1-11(2)14(19-7-3-4-8-19)10-18-15(20)13-6-5-12(16)9-17-13/h5-6,9,11,14H,3-4,7-8,10,16H2,1-2H3,(H,18,20). The Labute approximate surface area is 120 Å². The van der Waals surface area contributed by atoms with E-state index in [1.165, 1.54) is 19.0 Å². The molecule has 1 amide bonds. The van der Waals surface area contributed by atoms with Crippen LogP contribution in [0.25, 0.3) is 0 Å². The van der Waals surface area contributed by atoms with Gasteiger partial charge in [-0.15, -0.1) is 0 Å². The maximum absolute atomic E-state index is 12.1. The summed E-state index contributed by atoms with van der Waals surface area (Å²) in [6.07, 6.45) is 4.03. The Kier molecular flexibility index (Phi) is 4.95. The molecule has 0 radical (unpaired) electrons. The summed E-state index contributed by atoms with van der Waals surface area (Å²) in [6.45, 7) is 7.35. The molecule has 1 fully saturated rings. The van der Waals surface area contributed by atoms with Crippen LogP contribution in [0, 0.1) is 5.92 Å². The third kappa shape index (κ3) is 3.70. The van der Waals surface area contributed by atoms with Crippen molar-refractivity contribution >= 4 is 11.6 Å². The highest BCUT2D eigenvalue weighted by Crippen LogP contribution is 2.17. The molecule has 1 saturated heterocycles. The zero-order valence-electron chi connectivity index (χ0n) is 12.3. The normalized spacial score (nSPS) is 17.4. The van der Waals surface area contributed by atoms with Crippen molar-refractivity contribution in [3.05, 3.63) is 24.0 Å². The number of nitrogens with one attached hydrogen (secondary N) is 1. The van der Waals surface area contributed by atoms with Crippen LogP contribution in [0.2, 0.25) is 0 Å². The van der Waals surface area contributed by atoms with Gasteiger partial charge in [-0.05, 0) is 44.0 Å². The SMILES string of the molecule is CC(C)C(CNC(=O)c1ccc(N)cn1)N1CCCC1. The van der Waals surface area contributed by atoms with E-state index >= 15 is 0 Å². The average Bonchev–Trinajstić information content (AvgIpc) is 2.93. The maximum atomic E-state index is 12.1. The van der Waals surface area contributed by atoms with Crippen molar-refractivity contribution in [2.24, 2.45) is 5.92 Å². The molecule has 0 saturated carbocycles. The lowest BCUT2D eigenvalue weighted by molar-refractivity contribution is 0.0922. The van der Waals surface area contributed by atoms with E-state index in [0.717, 1.165) is 13.1 Å². The highest BCUT2D eigenvalue weighted by Gasteiger charge is 2.25. The molecule has 0 spiro atoms. The van der Waals surface area contributed by atoms with Gasteiger partial charge in [-0.2, -0.15) is 0 Å². The van der Waals surface area contributed by atoms with Gasteiger partial charge in [0, 0.05) is 12.6 Å². The summed E-state index contributed by atoms with van der Waals surface area (Å²) >= 11 is 0. The fourth-order valence-corrected chi connectivity index (χ4v) is 2.69. The molecule has 1 aliphatic rings. The third-order valence-corrected chi connectivity index (χ3v) is 3.87. The molecule has 1 unspecified atom stereocenters. The van der Waals surface area contributed by atoms with E-state index in [1.807, 2.05) is 0 Å². The van der Waals surface area contributed by atoms with Gasteiger partial charge in [0.2, 0.25) is 0 Å². The van der Waals surface area contributed by atoms with E-state index in [1.54, 1.807) is 12.1 Å². The molecule has 1 atom stereocenters. The van der Waals surface area contributed by atoms with Crippen LogP contribution in [0.3, 0.4) is 0 Å². The minimum atomic E-state index is -0.130. The summed E-state index contributed by atoms with van der Waals surface area (Å²) in [5.74, 6) is 0.391. The molecule has 110 valence electrons. The Morgan fingerprint density at radius 3 is 2.65 bits per heavy atom. The predicted molar refractivity (Wildman–Crippen MR) is 80.4 cm³/mol. The second-order valence-corrected chi connectivity index (χ2v) is 5.74. The van der Waals surface area contributed by atoms with Crippen LogP contribution in [-0.4, -0.2) is 41.5 Å². The number of rotatable bonds is 5. The fraction of sp³-hybridized carbons (Fsp3) is 0.600. The Bertz CT molecular complexity index is 438. The zero-order chi connectivity index (χ0) is 14.5. The molecule has 2 rings (SSSR count). The molecular formula is C15H24N4O. The number of pyridine rings is 1. The molecule has 5 heteroatoms. The largest absolute Gasteiger partial charge is 0.397 e. The first-order valence-electron chi connectivity index (χ1n) is 7.31. The summed E-state index contributed by atoms with van der Waals surface area (Å²) < 4.78 is 0. The van der Waals surface area contributed by atoms with E-state index in [4.69, 9.17) is 5.73 Å². The highest BCUT2D eigenvalue weighted by molar-refractivity contribution is 5.92. The van der Waals surface area contributed by atoms with Crippen molar-refractivity contribution in [1.82, 2.24) is 15.2 Å². The lowest BCUT2D eigenvalue weighted by atomic mass is 10.0. The number of nitrogens with zero attached hydrogens (tertiary/aromatic N) is 2. The molecule has 20 heavy (non-hydrogen) atoms. The first-order valence-corrected chi connectivity index (χ1v) is 7.31. The number of amides is 1. The number of carbonyl (C=O) groups is 1. The van der Waals surface area contributed by atoms with E-state index < -0.39 is 0 Å². The topological polar surface area (TPSA) is 71.2 Å². The van der Waals surface area contributed by atoms with Gasteiger partial charge in [0.25, 0.3) is 5.91 Å². The van der Waals surface area contributed by atoms with Crippen molar-refractivity contribution in [3.63, 3.8) is 0 Å². The second-order valence-electron chi connectivity index (χ2n) is 5.74. The number of hydrogen-bond acceptors (Lipinski definition) is 4. The number of nitrogens with two attached hydrogens (primary N) is 1. The molecule has 2 heterocycles. The molecule has 5 nitrogen and oxygen atoms in total. The maximum Gasteiger partial charge on any atom is 0.269 e. The van der Waals surface area contributed by atoms with Gasteiger partial charge in [0.15, 0.2) is 0 Å². The van der Waals surface area contributed by atoms with Gasteiger partial charge in [-0.25, -0.2) is 4.98 Å². The lowest BCUT2D eigenvalue weighted by Gasteiger charge is -2.30. The van der Waals surface area contributed by atoms with Crippen molar-refractivity contribution < 1.29 is 4.79 Å². The van der Waals surface area contributed by atoms with Gasteiger partial charge >= 0.3 is 0 Å². The van der Waals surface area contributed by atoms with Crippen LogP contribution >= 0.6 is 0 Å². The first-order chi connectivity index (χ1) is 9.58. The Morgan fingerprint density at radius 1 is 1.40 bits per heavy atom. The van der Waals surface area contributed by atoms with Crippen molar-refractivity contribution in [3.8, 4) is 0 Å². The van der Waals surface area contributed by atoms with Gasteiger partial charge in [0.05, 0.1) is 11.9 Å². The summed E-state index contributed by atoms with van der Waals surface area (Å²) in [7, 11) is 0.